The Balaban J connectivity index is 2.17. The van der Waals surface area contributed by atoms with Gasteiger partial charge in [0.1, 0.15) is 15.5 Å². The van der Waals surface area contributed by atoms with Gasteiger partial charge in [-0.25, -0.2) is 9.78 Å². The Hall–Kier alpha value is -2.18. The largest absolute Gasteiger partial charge is 0.465 e. The summed E-state index contributed by atoms with van der Waals surface area (Å²) >= 11 is 7.48. The quantitative estimate of drug-likeness (QED) is 0.461. The van der Waals surface area contributed by atoms with Gasteiger partial charge in [-0.2, -0.15) is 4.98 Å². The van der Waals surface area contributed by atoms with Crippen LogP contribution in [0.4, 0.5) is 5.82 Å². The Morgan fingerprint density at radius 3 is 2.58 bits per heavy atom. The van der Waals surface area contributed by atoms with E-state index in [4.69, 9.17) is 16.3 Å². The maximum atomic E-state index is 12.1. The fraction of sp³-hybridized carbons (Fsp3) is 0.316. The summed E-state index contributed by atoms with van der Waals surface area (Å²) in [5.41, 5.74) is 1.99. The van der Waals surface area contributed by atoms with E-state index in [1.807, 2.05) is 25.1 Å². The number of thiophene rings is 1. The summed E-state index contributed by atoms with van der Waals surface area (Å²) in [5.74, 6) is 0.370. The second-order valence-corrected chi connectivity index (χ2v) is 7.59. The van der Waals surface area contributed by atoms with E-state index in [1.54, 1.807) is 0 Å². The van der Waals surface area contributed by atoms with E-state index in [9.17, 15) is 4.79 Å². The number of anilines is 1. The van der Waals surface area contributed by atoms with Crippen molar-refractivity contribution in [1.82, 2.24) is 9.97 Å². The highest BCUT2D eigenvalue weighted by Gasteiger charge is 2.24. The molecule has 0 fully saturated rings. The van der Waals surface area contributed by atoms with Crippen molar-refractivity contribution in [3.63, 3.8) is 0 Å². The van der Waals surface area contributed by atoms with Crippen LogP contribution in [0.15, 0.2) is 30.3 Å². The number of rotatable bonds is 5. The van der Waals surface area contributed by atoms with Gasteiger partial charge in [0.2, 0.25) is 5.28 Å². The molecule has 0 radical (unpaired) electrons. The van der Waals surface area contributed by atoms with Crippen molar-refractivity contribution < 1.29 is 9.53 Å². The topological polar surface area (TPSA) is 55.3 Å². The molecule has 0 unspecified atom stereocenters. The molecule has 3 aromatic rings. The van der Waals surface area contributed by atoms with Crippen molar-refractivity contribution in [1.29, 1.82) is 0 Å². The summed E-state index contributed by atoms with van der Waals surface area (Å²) < 4.78 is 4.90. The third-order valence-electron chi connectivity index (χ3n) is 4.21. The number of methoxy groups -OCH3 is 1. The van der Waals surface area contributed by atoms with Gasteiger partial charge in [-0.05, 0) is 43.5 Å². The molecule has 1 aromatic carbocycles. The zero-order chi connectivity index (χ0) is 18.8. The van der Waals surface area contributed by atoms with Crippen molar-refractivity contribution in [2.45, 2.75) is 33.4 Å². The number of nitrogens with zero attached hydrogens (tertiary/aromatic N) is 3. The van der Waals surface area contributed by atoms with Crippen LogP contribution >= 0.6 is 22.9 Å². The molecule has 0 aliphatic rings. The molecule has 0 saturated heterocycles. The normalized spacial score (nSPS) is 11.2. The fourth-order valence-corrected chi connectivity index (χ4v) is 4.18. The maximum absolute atomic E-state index is 12.1. The molecule has 0 aliphatic carbocycles. The molecular formula is C19H20ClN3O2S. The van der Waals surface area contributed by atoms with Crippen LogP contribution in [0, 0.1) is 6.92 Å². The zero-order valence-corrected chi connectivity index (χ0v) is 16.7. The van der Waals surface area contributed by atoms with Gasteiger partial charge < -0.3 is 9.64 Å². The Morgan fingerprint density at radius 2 is 1.96 bits per heavy atom. The molecule has 0 N–H and O–H groups in total. The molecule has 0 spiro atoms. The Morgan fingerprint density at radius 1 is 1.27 bits per heavy atom. The lowest BCUT2D eigenvalue weighted by atomic mass is 10.1. The molecule has 2 heterocycles. The third-order valence-corrected chi connectivity index (χ3v) is 5.54. The van der Waals surface area contributed by atoms with Crippen molar-refractivity contribution in [3.8, 4) is 0 Å². The number of benzene rings is 1. The number of ether oxygens (including phenoxy) is 1. The Bertz CT molecular complexity index is 941. The van der Waals surface area contributed by atoms with Gasteiger partial charge in [-0.15, -0.1) is 11.3 Å². The van der Waals surface area contributed by atoms with E-state index in [-0.39, 0.29) is 17.3 Å². The first-order chi connectivity index (χ1) is 12.4. The van der Waals surface area contributed by atoms with Crippen LogP contribution in [-0.2, 0) is 11.3 Å². The van der Waals surface area contributed by atoms with Crippen LogP contribution in [0.25, 0.3) is 10.2 Å². The number of aromatic nitrogens is 2. The molecule has 2 aromatic heterocycles. The summed E-state index contributed by atoms with van der Waals surface area (Å²) in [6.07, 6.45) is 0. The maximum Gasteiger partial charge on any atom is 0.348 e. The molecular weight excluding hydrogens is 370 g/mol. The highest BCUT2D eigenvalue weighted by atomic mass is 35.5. The standard InChI is InChI=1S/C19H20ClN3O2S/c1-11(2)23(10-13-8-6-5-7-9-13)16-14-12(3)15(18(24)25-4)26-17(14)22-19(20)21-16/h5-9,11H,10H2,1-4H3. The predicted octanol–water partition coefficient (Wildman–Crippen LogP) is 4.85. The number of aryl methyl sites for hydroxylation is 1. The zero-order valence-electron chi connectivity index (χ0n) is 15.1. The monoisotopic (exact) mass is 389 g/mol. The van der Waals surface area contributed by atoms with Gasteiger partial charge >= 0.3 is 5.97 Å². The first kappa shape index (κ1) is 18.6. The van der Waals surface area contributed by atoms with Crippen molar-refractivity contribution in [3.05, 3.63) is 51.6 Å². The molecule has 7 heteroatoms. The van der Waals surface area contributed by atoms with Gasteiger partial charge in [0.25, 0.3) is 0 Å². The van der Waals surface area contributed by atoms with Gasteiger partial charge in [0.05, 0.1) is 12.5 Å². The first-order valence-electron chi connectivity index (χ1n) is 8.28. The van der Waals surface area contributed by atoms with Crippen LogP contribution in [0.2, 0.25) is 5.28 Å². The Labute approximate surface area is 161 Å². The smallest absolute Gasteiger partial charge is 0.348 e. The summed E-state index contributed by atoms with van der Waals surface area (Å²) in [4.78, 5) is 24.3. The highest BCUT2D eigenvalue weighted by Crippen LogP contribution is 2.37. The van der Waals surface area contributed by atoms with Crippen molar-refractivity contribution in [2.75, 3.05) is 12.0 Å². The van der Waals surface area contributed by atoms with E-state index in [0.29, 0.717) is 16.3 Å². The number of fused-ring (bicyclic) bond motifs is 1. The van der Waals surface area contributed by atoms with E-state index in [0.717, 1.165) is 16.8 Å². The summed E-state index contributed by atoms with van der Waals surface area (Å²) in [6.45, 7) is 6.79. The molecule has 0 atom stereocenters. The second-order valence-electron chi connectivity index (χ2n) is 6.25. The van der Waals surface area contributed by atoms with E-state index in [2.05, 4.69) is 40.8 Å². The Kier molecular flexibility index (Phi) is 5.44. The summed E-state index contributed by atoms with van der Waals surface area (Å²) in [5, 5.41) is 1.02. The average molecular weight is 390 g/mol. The minimum absolute atomic E-state index is 0.170. The predicted molar refractivity (Wildman–Crippen MR) is 106 cm³/mol. The first-order valence-corrected chi connectivity index (χ1v) is 9.47. The van der Waals surface area contributed by atoms with E-state index >= 15 is 0 Å². The fourth-order valence-electron chi connectivity index (χ4n) is 2.87. The van der Waals surface area contributed by atoms with Crippen molar-refractivity contribution in [2.24, 2.45) is 0 Å². The molecule has 0 bridgehead atoms. The van der Waals surface area contributed by atoms with E-state index < -0.39 is 0 Å². The molecule has 136 valence electrons. The second kappa shape index (κ2) is 7.60. The number of carbonyl (C=O) groups is 1. The highest BCUT2D eigenvalue weighted by molar-refractivity contribution is 7.20. The number of carbonyl (C=O) groups excluding carboxylic acids is 1. The van der Waals surface area contributed by atoms with Crippen LogP contribution < -0.4 is 4.90 Å². The lowest BCUT2D eigenvalue weighted by Crippen LogP contribution is -2.31. The van der Waals surface area contributed by atoms with Gasteiger partial charge in [-0.3, -0.25) is 0 Å². The number of esters is 1. The molecule has 0 saturated carbocycles. The van der Waals surface area contributed by atoms with E-state index in [1.165, 1.54) is 24.0 Å². The van der Waals surface area contributed by atoms with Crippen LogP contribution in [0.3, 0.4) is 0 Å². The van der Waals surface area contributed by atoms with Crippen LogP contribution in [0.1, 0.15) is 34.6 Å². The molecule has 26 heavy (non-hydrogen) atoms. The van der Waals surface area contributed by atoms with Gasteiger partial charge in [0, 0.05) is 12.6 Å². The SMILES string of the molecule is COC(=O)c1sc2nc(Cl)nc(N(Cc3ccccc3)C(C)C)c2c1C. The molecule has 5 nitrogen and oxygen atoms in total. The number of hydrogen-bond donors (Lipinski definition) is 0. The lowest BCUT2D eigenvalue weighted by Gasteiger charge is -2.29. The molecule has 0 amide bonds. The van der Waals surface area contributed by atoms with Gasteiger partial charge in [-0.1, -0.05) is 30.3 Å². The molecule has 0 aliphatic heterocycles. The van der Waals surface area contributed by atoms with Gasteiger partial charge in [0.15, 0.2) is 0 Å². The number of hydrogen-bond acceptors (Lipinski definition) is 6. The van der Waals surface area contributed by atoms with Crippen LogP contribution in [0.5, 0.6) is 0 Å². The molecule has 3 rings (SSSR count). The third kappa shape index (κ3) is 3.52. The summed E-state index contributed by atoms with van der Waals surface area (Å²) in [7, 11) is 1.38. The number of halogens is 1. The minimum Gasteiger partial charge on any atom is -0.465 e. The minimum atomic E-state index is -0.369. The van der Waals surface area contributed by atoms with Crippen molar-refractivity contribution >= 4 is 44.9 Å². The lowest BCUT2D eigenvalue weighted by molar-refractivity contribution is 0.0605. The summed E-state index contributed by atoms with van der Waals surface area (Å²) in [6, 6.07) is 10.4. The van der Waals surface area contributed by atoms with Crippen LogP contribution in [-0.4, -0.2) is 29.1 Å². The average Bonchev–Trinajstić information content (AvgIpc) is 2.95.